The fourth-order valence-electron chi connectivity index (χ4n) is 5.53. The van der Waals surface area contributed by atoms with Crippen LogP contribution in [0.15, 0.2) is 61.2 Å². The molecule has 30 heavy (non-hydrogen) atoms. The molecule has 2 aliphatic rings. The number of benzene rings is 1. The van der Waals surface area contributed by atoms with E-state index < -0.39 is 6.10 Å². The van der Waals surface area contributed by atoms with Gasteiger partial charge in [-0.2, -0.15) is 0 Å². The molecule has 0 unspecified atom stereocenters. The normalized spacial score (nSPS) is 23.1. The van der Waals surface area contributed by atoms with Crippen LogP contribution in [0.5, 0.6) is 0 Å². The van der Waals surface area contributed by atoms with E-state index in [2.05, 4.69) is 50.8 Å². The Bertz CT molecular complexity index is 1200. The lowest BCUT2D eigenvalue weighted by atomic mass is 9.75. The van der Waals surface area contributed by atoms with Crippen LogP contribution in [-0.2, 0) is 0 Å². The summed E-state index contributed by atoms with van der Waals surface area (Å²) in [5, 5.41) is 12.8. The molecule has 0 aliphatic heterocycles. The molecule has 1 aromatic carbocycles. The van der Waals surface area contributed by atoms with Crippen LogP contribution >= 0.6 is 0 Å². The van der Waals surface area contributed by atoms with Gasteiger partial charge in [-0.25, -0.2) is 4.98 Å². The first kappa shape index (κ1) is 18.1. The number of imidazole rings is 1. The van der Waals surface area contributed by atoms with Crippen LogP contribution in [0.1, 0.15) is 73.3 Å². The second-order valence-electron chi connectivity index (χ2n) is 9.11. The molecule has 1 N–H and O–H groups in total. The van der Waals surface area contributed by atoms with Gasteiger partial charge in [-0.1, -0.05) is 24.3 Å². The number of rotatable bonds is 4. The monoisotopic (exact) mass is 397 g/mol. The summed E-state index contributed by atoms with van der Waals surface area (Å²) >= 11 is 0. The third-order valence-corrected chi connectivity index (χ3v) is 7.29. The molecule has 3 heterocycles. The summed E-state index contributed by atoms with van der Waals surface area (Å²) in [6.45, 7) is 0. The first-order valence-corrected chi connectivity index (χ1v) is 11.3. The minimum Gasteiger partial charge on any atom is -0.387 e. The highest BCUT2D eigenvalue weighted by atomic mass is 16.3. The predicted molar refractivity (Wildman–Crippen MR) is 119 cm³/mol. The van der Waals surface area contributed by atoms with Crippen molar-refractivity contribution in [2.24, 2.45) is 5.92 Å². The van der Waals surface area contributed by atoms with Crippen molar-refractivity contribution in [2.45, 2.75) is 56.5 Å². The topological polar surface area (TPSA) is 50.4 Å². The lowest BCUT2D eigenvalue weighted by molar-refractivity contribution is 0.0755. The standard InChI is InChI=1S/C26H27N3O/c30-26(25-22(18-6-7-18)13-12-20-15-27-16-29(20)25)19-10-8-17(9-11-19)21-3-1-5-24-23(21)4-2-14-28-24/h1-5,12-19,26,30H,6-11H2/t17?,19?,26-/m0/s1. The van der Waals surface area contributed by atoms with E-state index in [0.717, 1.165) is 42.4 Å². The predicted octanol–water partition coefficient (Wildman–Crippen LogP) is 5.77. The van der Waals surface area contributed by atoms with Crippen molar-refractivity contribution < 1.29 is 5.11 Å². The molecule has 0 spiro atoms. The van der Waals surface area contributed by atoms with Crippen LogP contribution in [0.3, 0.4) is 0 Å². The summed E-state index contributed by atoms with van der Waals surface area (Å²) in [4.78, 5) is 8.86. The van der Waals surface area contributed by atoms with Gasteiger partial charge in [0.25, 0.3) is 0 Å². The molecule has 2 aliphatic carbocycles. The van der Waals surface area contributed by atoms with Crippen LogP contribution in [0.25, 0.3) is 16.4 Å². The molecule has 2 fully saturated rings. The van der Waals surface area contributed by atoms with Gasteiger partial charge in [-0.3, -0.25) is 4.98 Å². The van der Waals surface area contributed by atoms with Crippen molar-refractivity contribution in [3.63, 3.8) is 0 Å². The number of aromatic nitrogens is 3. The number of hydrogen-bond donors (Lipinski definition) is 1. The van der Waals surface area contributed by atoms with Crippen LogP contribution in [-0.4, -0.2) is 19.5 Å². The maximum absolute atomic E-state index is 11.5. The zero-order valence-corrected chi connectivity index (χ0v) is 17.1. The quantitative estimate of drug-likeness (QED) is 0.476. The molecule has 6 rings (SSSR count). The lowest BCUT2D eigenvalue weighted by Crippen LogP contribution is -2.22. The zero-order chi connectivity index (χ0) is 20.1. The highest BCUT2D eigenvalue weighted by Gasteiger charge is 2.34. The number of aliphatic hydroxyl groups excluding tert-OH is 1. The number of fused-ring (bicyclic) bond motifs is 2. The van der Waals surface area contributed by atoms with E-state index in [1.807, 2.05) is 24.8 Å². The van der Waals surface area contributed by atoms with E-state index in [1.165, 1.54) is 29.4 Å². The summed E-state index contributed by atoms with van der Waals surface area (Å²) in [5.41, 5.74) is 5.99. The van der Waals surface area contributed by atoms with Gasteiger partial charge in [0.05, 0.1) is 35.4 Å². The maximum Gasteiger partial charge on any atom is 0.0995 e. The first-order chi connectivity index (χ1) is 14.8. The molecule has 0 radical (unpaired) electrons. The molecule has 152 valence electrons. The second kappa shape index (κ2) is 7.21. The lowest BCUT2D eigenvalue weighted by Gasteiger charge is -2.33. The van der Waals surface area contributed by atoms with Crippen molar-refractivity contribution in [3.8, 4) is 0 Å². The van der Waals surface area contributed by atoms with Gasteiger partial charge in [0.2, 0.25) is 0 Å². The number of pyridine rings is 2. The van der Waals surface area contributed by atoms with E-state index >= 15 is 0 Å². The molecule has 4 aromatic rings. The van der Waals surface area contributed by atoms with Crippen molar-refractivity contribution in [2.75, 3.05) is 0 Å². The Kier molecular flexibility index (Phi) is 4.34. The van der Waals surface area contributed by atoms with Gasteiger partial charge in [0.15, 0.2) is 0 Å². The van der Waals surface area contributed by atoms with E-state index in [1.54, 1.807) is 0 Å². The zero-order valence-electron chi connectivity index (χ0n) is 17.1. The van der Waals surface area contributed by atoms with Crippen LogP contribution in [0.2, 0.25) is 0 Å². The van der Waals surface area contributed by atoms with E-state index in [9.17, 15) is 5.11 Å². The largest absolute Gasteiger partial charge is 0.387 e. The second-order valence-corrected chi connectivity index (χ2v) is 9.11. The van der Waals surface area contributed by atoms with Crippen molar-refractivity contribution in [3.05, 3.63) is 78.0 Å². The van der Waals surface area contributed by atoms with Gasteiger partial charge in [0.1, 0.15) is 0 Å². The molecule has 4 nitrogen and oxygen atoms in total. The number of nitrogens with zero attached hydrogens (tertiary/aromatic N) is 3. The van der Waals surface area contributed by atoms with Crippen LogP contribution in [0.4, 0.5) is 0 Å². The van der Waals surface area contributed by atoms with E-state index in [0.29, 0.717) is 17.8 Å². The van der Waals surface area contributed by atoms with Gasteiger partial charge in [0, 0.05) is 11.6 Å². The third kappa shape index (κ3) is 3.02. The van der Waals surface area contributed by atoms with Crippen LogP contribution < -0.4 is 0 Å². The average molecular weight is 398 g/mol. The molecule has 0 bridgehead atoms. The van der Waals surface area contributed by atoms with E-state index in [-0.39, 0.29) is 0 Å². The van der Waals surface area contributed by atoms with Crippen molar-refractivity contribution in [1.29, 1.82) is 0 Å². The maximum atomic E-state index is 11.5. The molecule has 1 atom stereocenters. The molecule has 0 amide bonds. The van der Waals surface area contributed by atoms with E-state index in [4.69, 9.17) is 0 Å². The molecule has 3 aromatic heterocycles. The number of hydrogen-bond acceptors (Lipinski definition) is 3. The van der Waals surface area contributed by atoms with Crippen molar-refractivity contribution >= 4 is 16.4 Å². The highest BCUT2D eigenvalue weighted by Crippen LogP contribution is 2.47. The van der Waals surface area contributed by atoms with Gasteiger partial charge >= 0.3 is 0 Å². The van der Waals surface area contributed by atoms with Crippen LogP contribution in [0, 0.1) is 5.92 Å². The molecule has 2 saturated carbocycles. The summed E-state index contributed by atoms with van der Waals surface area (Å²) in [6.07, 6.45) is 12.0. The highest BCUT2D eigenvalue weighted by molar-refractivity contribution is 5.82. The Morgan fingerprint density at radius 2 is 1.67 bits per heavy atom. The summed E-state index contributed by atoms with van der Waals surface area (Å²) in [6, 6.07) is 15.1. The minimum atomic E-state index is -0.423. The fourth-order valence-corrected chi connectivity index (χ4v) is 5.53. The molecule has 0 saturated heterocycles. The van der Waals surface area contributed by atoms with Crippen molar-refractivity contribution in [1.82, 2.24) is 14.4 Å². The van der Waals surface area contributed by atoms with Gasteiger partial charge in [-0.15, -0.1) is 0 Å². The third-order valence-electron chi connectivity index (χ3n) is 7.29. The minimum absolute atomic E-state index is 0.305. The van der Waals surface area contributed by atoms with Gasteiger partial charge < -0.3 is 9.51 Å². The summed E-state index contributed by atoms with van der Waals surface area (Å²) < 4.78 is 2.13. The number of aliphatic hydroxyl groups is 1. The Hall–Kier alpha value is -2.72. The first-order valence-electron chi connectivity index (χ1n) is 11.3. The fraction of sp³-hybridized carbons (Fsp3) is 0.385. The summed E-state index contributed by atoms with van der Waals surface area (Å²) in [7, 11) is 0. The summed E-state index contributed by atoms with van der Waals surface area (Å²) in [5.74, 6) is 1.47. The Morgan fingerprint density at radius 1 is 0.867 bits per heavy atom. The van der Waals surface area contributed by atoms with Gasteiger partial charge in [-0.05, 0) is 85.6 Å². The molecular formula is C26H27N3O. The average Bonchev–Trinajstić information content (AvgIpc) is 3.54. The Balaban J connectivity index is 1.27. The Labute approximate surface area is 176 Å². The molecular weight excluding hydrogens is 370 g/mol. The Morgan fingerprint density at radius 3 is 2.50 bits per heavy atom. The SMILES string of the molecule is O[C@H](c1c(C2CC2)ccc2cncn12)C1CCC(c2cccc3ncccc23)CC1. The molecule has 4 heteroatoms. The smallest absolute Gasteiger partial charge is 0.0995 e.